The molecule has 106 valence electrons. The maximum Gasteiger partial charge on any atom is 0.0951 e. The van der Waals surface area contributed by atoms with Crippen molar-refractivity contribution in [3.05, 3.63) is 42.4 Å². The minimum atomic E-state index is 0.441. The molecule has 1 aliphatic heterocycles. The number of benzene rings is 1. The van der Waals surface area contributed by atoms with Crippen molar-refractivity contribution >= 4 is 0 Å². The quantitative estimate of drug-likeness (QED) is 0.859. The Kier molecular flexibility index (Phi) is 3.85. The zero-order valence-corrected chi connectivity index (χ0v) is 12.1. The van der Waals surface area contributed by atoms with Crippen LogP contribution in [0.3, 0.4) is 0 Å². The van der Waals surface area contributed by atoms with Gasteiger partial charge in [-0.15, -0.1) is 0 Å². The van der Waals surface area contributed by atoms with Gasteiger partial charge in [-0.1, -0.05) is 24.3 Å². The van der Waals surface area contributed by atoms with Crippen molar-refractivity contribution in [2.45, 2.75) is 13.0 Å². The first-order valence-electron chi connectivity index (χ1n) is 7.14. The van der Waals surface area contributed by atoms with Crippen LogP contribution >= 0.6 is 0 Å². The van der Waals surface area contributed by atoms with E-state index in [-0.39, 0.29) is 0 Å². The molecule has 1 aromatic heterocycles. The number of rotatable bonds is 3. The first-order chi connectivity index (χ1) is 9.74. The van der Waals surface area contributed by atoms with Crippen LogP contribution in [0.5, 0.6) is 0 Å². The standard InChI is InChI=1S/C16H21N3O/c1-13(19-7-9-20-10-8-19)14-3-5-15(6-4-14)16-11-18(2)12-17-16/h3-6,11-13H,7-10H2,1-2H3/t13-/m0/s1. The van der Waals surface area contributed by atoms with Crippen LogP contribution in [-0.2, 0) is 11.8 Å². The summed E-state index contributed by atoms with van der Waals surface area (Å²) in [7, 11) is 1.99. The highest BCUT2D eigenvalue weighted by atomic mass is 16.5. The predicted octanol–water partition coefficient (Wildman–Crippen LogP) is 2.48. The summed E-state index contributed by atoms with van der Waals surface area (Å²) in [5.74, 6) is 0. The van der Waals surface area contributed by atoms with Gasteiger partial charge in [0.2, 0.25) is 0 Å². The van der Waals surface area contributed by atoms with E-state index in [0.717, 1.165) is 32.0 Å². The Morgan fingerprint density at radius 1 is 1.15 bits per heavy atom. The lowest BCUT2D eigenvalue weighted by atomic mass is 10.0. The Bertz CT molecular complexity index is 555. The molecule has 3 rings (SSSR count). The number of aromatic nitrogens is 2. The zero-order valence-electron chi connectivity index (χ0n) is 12.1. The lowest BCUT2D eigenvalue weighted by Crippen LogP contribution is -2.37. The van der Waals surface area contributed by atoms with E-state index in [0.29, 0.717) is 6.04 Å². The number of hydrogen-bond acceptors (Lipinski definition) is 3. The molecule has 0 radical (unpaired) electrons. The van der Waals surface area contributed by atoms with Crippen molar-refractivity contribution in [2.24, 2.45) is 7.05 Å². The third kappa shape index (κ3) is 2.76. The molecule has 2 heterocycles. The summed E-state index contributed by atoms with van der Waals surface area (Å²) in [6.45, 7) is 5.99. The Balaban J connectivity index is 1.75. The van der Waals surface area contributed by atoms with E-state index < -0.39 is 0 Å². The summed E-state index contributed by atoms with van der Waals surface area (Å²) in [5, 5.41) is 0. The Hall–Kier alpha value is -1.65. The number of hydrogen-bond donors (Lipinski definition) is 0. The van der Waals surface area contributed by atoms with Gasteiger partial charge < -0.3 is 9.30 Å². The topological polar surface area (TPSA) is 30.3 Å². The highest BCUT2D eigenvalue weighted by Crippen LogP contribution is 2.24. The normalized spacial score (nSPS) is 18.1. The van der Waals surface area contributed by atoms with Gasteiger partial charge in [-0.3, -0.25) is 4.90 Å². The molecule has 1 aromatic carbocycles. The first-order valence-corrected chi connectivity index (χ1v) is 7.14. The lowest BCUT2D eigenvalue weighted by Gasteiger charge is -2.32. The Morgan fingerprint density at radius 2 is 1.85 bits per heavy atom. The van der Waals surface area contributed by atoms with E-state index in [2.05, 4.69) is 41.1 Å². The second-order valence-electron chi connectivity index (χ2n) is 5.37. The number of imidazole rings is 1. The maximum absolute atomic E-state index is 5.41. The molecule has 0 amide bonds. The molecule has 1 aliphatic rings. The molecule has 1 saturated heterocycles. The van der Waals surface area contributed by atoms with Crippen molar-refractivity contribution < 1.29 is 4.74 Å². The summed E-state index contributed by atoms with van der Waals surface area (Å²) in [5.41, 5.74) is 3.55. The molecule has 4 nitrogen and oxygen atoms in total. The fraction of sp³-hybridized carbons (Fsp3) is 0.438. The zero-order chi connectivity index (χ0) is 13.9. The second kappa shape index (κ2) is 5.77. The molecule has 0 unspecified atom stereocenters. The van der Waals surface area contributed by atoms with E-state index in [4.69, 9.17) is 4.74 Å². The SMILES string of the molecule is C[C@@H](c1ccc(-c2cn(C)cn2)cc1)N1CCOCC1. The first kappa shape index (κ1) is 13.3. The van der Waals surface area contributed by atoms with Gasteiger partial charge in [0, 0.05) is 37.9 Å². The van der Waals surface area contributed by atoms with Crippen molar-refractivity contribution in [1.29, 1.82) is 0 Å². The third-order valence-corrected chi connectivity index (χ3v) is 3.99. The largest absolute Gasteiger partial charge is 0.379 e. The number of aryl methyl sites for hydroxylation is 1. The molecule has 1 atom stereocenters. The van der Waals surface area contributed by atoms with E-state index in [1.807, 2.05) is 24.1 Å². The van der Waals surface area contributed by atoms with E-state index in [9.17, 15) is 0 Å². The molecule has 4 heteroatoms. The molecule has 0 N–H and O–H groups in total. The predicted molar refractivity (Wildman–Crippen MR) is 79.5 cm³/mol. The van der Waals surface area contributed by atoms with Crippen molar-refractivity contribution in [2.75, 3.05) is 26.3 Å². The molecule has 20 heavy (non-hydrogen) atoms. The van der Waals surface area contributed by atoms with Crippen molar-refractivity contribution in [3.63, 3.8) is 0 Å². The van der Waals surface area contributed by atoms with E-state index >= 15 is 0 Å². The molecule has 0 aliphatic carbocycles. The summed E-state index contributed by atoms with van der Waals surface area (Å²) >= 11 is 0. The number of nitrogens with zero attached hydrogens (tertiary/aromatic N) is 3. The highest BCUT2D eigenvalue weighted by Gasteiger charge is 2.18. The fourth-order valence-corrected chi connectivity index (χ4v) is 2.67. The minimum absolute atomic E-state index is 0.441. The molecular formula is C16H21N3O. The minimum Gasteiger partial charge on any atom is -0.379 e. The van der Waals surface area contributed by atoms with E-state index in [1.165, 1.54) is 11.1 Å². The monoisotopic (exact) mass is 271 g/mol. The molecule has 2 aromatic rings. The smallest absolute Gasteiger partial charge is 0.0951 e. The maximum atomic E-state index is 5.41. The Morgan fingerprint density at radius 3 is 2.45 bits per heavy atom. The Labute approximate surface area is 120 Å². The molecule has 0 bridgehead atoms. The molecular weight excluding hydrogens is 250 g/mol. The van der Waals surface area contributed by atoms with Crippen LogP contribution in [0.4, 0.5) is 0 Å². The van der Waals surface area contributed by atoms with Gasteiger partial charge in [-0.2, -0.15) is 0 Å². The van der Waals surface area contributed by atoms with Gasteiger partial charge >= 0.3 is 0 Å². The van der Waals surface area contributed by atoms with E-state index in [1.54, 1.807) is 0 Å². The number of morpholine rings is 1. The summed E-state index contributed by atoms with van der Waals surface area (Å²) < 4.78 is 7.38. The summed E-state index contributed by atoms with van der Waals surface area (Å²) in [4.78, 5) is 6.86. The molecule has 0 spiro atoms. The fourth-order valence-electron chi connectivity index (χ4n) is 2.67. The molecule has 1 fully saturated rings. The van der Waals surface area contributed by atoms with Gasteiger partial charge in [-0.25, -0.2) is 4.98 Å². The van der Waals surface area contributed by atoms with Gasteiger partial charge in [0.15, 0.2) is 0 Å². The van der Waals surface area contributed by atoms with Crippen molar-refractivity contribution in [1.82, 2.24) is 14.5 Å². The van der Waals surface area contributed by atoms with Crippen molar-refractivity contribution in [3.8, 4) is 11.3 Å². The summed E-state index contributed by atoms with van der Waals surface area (Å²) in [6, 6.07) is 9.19. The highest BCUT2D eigenvalue weighted by molar-refractivity contribution is 5.58. The molecule has 0 saturated carbocycles. The van der Waals surface area contributed by atoms with Crippen LogP contribution in [0, 0.1) is 0 Å². The van der Waals surface area contributed by atoms with Crippen LogP contribution in [0.15, 0.2) is 36.8 Å². The van der Waals surface area contributed by atoms with Crippen LogP contribution < -0.4 is 0 Å². The average Bonchev–Trinajstić information content (AvgIpc) is 2.94. The van der Waals surface area contributed by atoms with Crippen LogP contribution in [-0.4, -0.2) is 40.8 Å². The lowest BCUT2D eigenvalue weighted by molar-refractivity contribution is 0.0198. The van der Waals surface area contributed by atoms with Gasteiger partial charge in [0.05, 0.1) is 25.2 Å². The van der Waals surface area contributed by atoms with Crippen LogP contribution in [0.1, 0.15) is 18.5 Å². The second-order valence-corrected chi connectivity index (χ2v) is 5.37. The van der Waals surface area contributed by atoms with Crippen LogP contribution in [0.2, 0.25) is 0 Å². The third-order valence-electron chi connectivity index (χ3n) is 3.99. The average molecular weight is 271 g/mol. The van der Waals surface area contributed by atoms with Gasteiger partial charge in [0.25, 0.3) is 0 Å². The number of ether oxygens (including phenoxy) is 1. The summed E-state index contributed by atoms with van der Waals surface area (Å²) in [6.07, 6.45) is 3.88. The van der Waals surface area contributed by atoms with Crippen LogP contribution in [0.25, 0.3) is 11.3 Å². The van der Waals surface area contributed by atoms with Gasteiger partial charge in [-0.05, 0) is 12.5 Å². The van der Waals surface area contributed by atoms with Gasteiger partial charge in [0.1, 0.15) is 0 Å².